The van der Waals surface area contributed by atoms with Gasteiger partial charge < -0.3 is 20.2 Å². The van der Waals surface area contributed by atoms with E-state index in [1.165, 1.54) is 0 Å². The van der Waals surface area contributed by atoms with Crippen LogP contribution in [0.5, 0.6) is 6.01 Å². The van der Waals surface area contributed by atoms with Gasteiger partial charge in [0.1, 0.15) is 5.52 Å². The lowest BCUT2D eigenvalue weighted by Crippen LogP contribution is -2.18. The molecule has 2 aromatic heterocycles. The summed E-state index contributed by atoms with van der Waals surface area (Å²) >= 11 is 0. The van der Waals surface area contributed by atoms with Crippen LogP contribution in [0.25, 0.3) is 11.2 Å². The maximum atomic E-state index is 12.3. The van der Waals surface area contributed by atoms with Crippen molar-refractivity contribution in [2.45, 2.75) is 65.0 Å². The summed E-state index contributed by atoms with van der Waals surface area (Å²) in [6.07, 6.45) is 6.18. The average Bonchev–Trinajstić information content (AvgIpc) is 3.20. The molecule has 1 saturated heterocycles. The normalized spacial score (nSPS) is 18.5. The summed E-state index contributed by atoms with van der Waals surface area (Å²) in [5.41, 5.74) is 6.79. The molecule has 3 rings (SSSR count). The quantitative estimate of drug-likeness (QED) is 0.663. The number of ether oxygens (including phenoxy) is 2. The number of nitrogens with one attached hydrogen (secondary N) is 1. The van der Waals surface area contributed by atoms with E-state index in [4.69, 9.17) is 15.2 Å². The van der Waals surface area contributed by atoms with Crippen molar-refractivity contribution in [2.75, 3.05) is 18.9 Å². The van der Waals surface area contributed by atoms with Gasteiger partial charge in [0.05, 0.1) is 6.10 Å². The van der Waals surface area contributed by atoms with Crippen LogP contribution in [0.3, 0.4) is 0 Å². The van der Waals surface area contributed by atoms with Crippen LogP contribution >= 0.6 is 0 Å². The van der Waals surface area contributed by atoms with E-state index in [-0.39, 0.29) is 23.6 Å². The van der Waals surface area contributed by atoms with Crippen LogP contribution in [0.2, 0.25) is 0 Å². The van der Waals surface area contributed by atoms with Crippen LogP contribution in [-0.4, -0.2) is 38.8 Å². The highest BCUT2D eigenvalue weighted by molar-refractivity contribution is 5.81. The van der Waals surface area contributed by atoms with Gasteiger partial charge in [0.15, 0.2) is 11.5 Å². The molecule has 0 saturated carbocycles. The van der Waals surface area contributed by atoms with Crippen LogP contribution in [0.15, 0.2) is 4.79 Å². The Kier molecular flexibility index (Phi) is 6.13. The Labute approximate surface area is 153 Å². The number of anilines is 1. The molecule has 0 radical (unpaired) electrons. The van der Waals surface area contributed by atoms with E-state index in [1.54, 1.807) is 4.57 Å². The third-order valence-corrected chi connectivity index (χ3v) is 4.90. The van der Waals surface area contributed by atoms with Crippen LogP contribution in [0, 0.1) is 5.92 Å². The van der Waals surface area contributed by atoms with Crippen molar-refractivity contribution in [3.8, 4) is 6.01 Å². The van der Waals surface area contributed by atoms with Crippen molar-refractivity contribution < 1.29 is 9.47 Å². The molecule has 8 heteroatoms. The molecule has 8 nitrogen and oxygen atoms in total. The largest absolute Gasteiger partial charge is 0.460 e. The topological polar surface area (TPSA) is 108 Å². The molecule has 26 heavy (non-hydrogen) atoms. The molecule has 0 aliphatic carbocycles. The molecule has 0 amide bonds. The molecule has 0 aromatic carbocycles. The number of hydrogen-bond acceptors (Lipinski definition) is 6. The van der Waals surface area contributed by atoms with Crippen LogP contribution in [0.1, 0.15) is 52.4 Å². The second-order valence-corrected chi connectivity index (χ2v) is 7.11. The monoisotopic (exact) mass is 363 g/mol. The van der Waals surface area contributed by atoms with Gasteiger partial charge in [-0.3, -0.25) is 4.57 Å². The number of nitrogens with zero attached hydrogens (tertiary/aromatic N) is 3. The number of hydrogen-bond donors (Lipinski definition) is 2. The smallest absolute Gasteiger partial charge is 0.327 e. The Hall–Kier alpha value is -2.09. The lowest BCUT2D eigenvalue weighted by molar-refractivity contribution is 0.183. The zero-order valence-corrected chi connectivity index (χ0v) is 15.7. The van der Waals surface area contributed by atoms with Gasteiger partial charge in [-0.25, -0.2) is 4.79 Å². The maximum Gasteiger partial charge on any atom is 0.327 e. The summed E-state index contributed by atoms with van der Waals surface area (Å²) < 4.78 is 12.8. The highest BCUT2D eigenvalue weighted by atomic mass is 16.5. The lowest BCUT2D eigenvalue weighted by atomic mass is 10.0. The van der Waals surface area contributed by atoms with Crippen LogP contribution < -0.4 is 16.2 Å². The van der Waals surface area contributed by atoms with E-state index in [0.29, 0.717) is 23.6 Å². The molecule has 144 valence electrons. The van der Waals surface area contributed by atoms with Gasteiger partial charge in [-0.2, -0.15) is 9.97 Å². The molecule has 2 aromatic rings. The fourth-order valence-electron chi connectivity index (χ4n) is 3.45. The standard InChI is InChI=1S/C18H29N5O3/c1-3-6-12(2)26-17-21-15(19)14-16(22-17)23(18(24)20-14)9-5-4-7-13-8-10-25-11-13/h12-13H,3-11H2,1-2H3,(H,20,24)(H2,19,21,22)/t12-,13?/m0/s1. The summed E-state index contributed by atoms with van der Waals surface area (Å²) in [5.74, 6) is 0.903. The molecule has 1 fully saturated rings. The minimum atomic E-state index is -0.205. The predicted octanol–water partition coefficient (Wildman–Crippen LogP) is 2.48. The molecule has 1 aliphatic rings. The van der Waals surface area contributed by atoms with Gasteiger partial charge in [0.2, 0.25) is 0 Å². The molecule has 0 bridgehead atoms. The number of fused-ring (bicyclic) bond motifs is 1. The number of H-pyrrole nitrogens is 1. The minimum absolute atomic E-state index is 0.00425. The summed E-state index contributed by atoms with van der Waals surface area (Å²) in [5, 5.41) is 0. The first kappa shape index (κ1) is 18.7. The second kappa shape index (κ2) is 8.53. The Morgan fingerprint density at radius 1 is 1.42 bits per heavy atom. The van der Waals surface area contributed by atoms with E-state index in [1.807, 2.05) is 6.92 Å². The number of aromatic amines is 1. The maximum absolute atomic E-state index is 12.3. The highest BCUT2D eigenvalue weighted by Gasteiger charge is 2.17. The SMILES string of the molecule is CCC[C@H](C)Oc1nc(N)c2[nH]c(=O)n(CCCCC3CCOC3)c2n1. The third kappa shape index (κ3) is 4.35. The first-order valence-corrected chi connectivity index (χ1v) is 9.59. The van der Waals surface area contributed by atoms with E-state index in [9.17, 15) is 4.79 Å². The second-order valence-electron chi connectivity index (χ2n) is 7.11. The Morgan fingerprint density at radius 2 is 2.27 bits per heavy atom. The van der Waals surface area contributed by atoms with E-state index >= 15 is 0 Å². The lowest BCUT2D eigenvalue weighted by Gasteiger charge is -2.12. The van der Waals surface area contributed by atoms with E-state index in [0.717, 1.165) is 51.7 Å². The van der Waals surface area contributed by atoms with Crippen molar-refractivity contribution in [3.63, 3.8) is 0 Å². The first-order chi connectivity index (χ1) is 12.6. The number of unbranched alkanes of at least 4 members (excludes halogenated alkanes) is 1. The Morgan fingerprint density at radius 3 is 3.00 bits per heavy atom. The highest BCUT2D eigenvalue weighted by Crippen LogP contribution is 2.21. The molecule has 0 spiro atoms. The van der Waals surface area contributed by atoms with Crippen molar-refractivity contribution >= 4 is 17.0 Å². The Bertz CT molecular complexity index is 779. The zero-order valence-electron chi connectivity index (χ0n) is 15.7. The van der Waals surface area contributed by atoms with Crippen molar-refractivity contribution in [1.82, 2.24) is 19.5 Å². The molecular weight excluding hydrogens is 334 g/mol. The van der Waals surface area contributed by atoms with Gasteiger partial charge in [-0.1, -0.05) is 19.8 Å². The fraction of sp³-hybridized carbons (Fsp3) is 0.722. The molecule has 2 atom stereocenters. The van der Waals surface area contributed by atoms with Crippen molar-refractivity contribution in [3.05, 3.63) is 10.5 Å². The summed E-state index contributed by atoms with van der Waals surface area (Å²) in [4.78, 5) is 23.7. The van der Waals surface area contributed by atoms with Gasteiger partial charge in [-0.15, -0.1) is 0 Å². The van der Waals surface area contributed by atoms with Crippen LogP contribution in [-0.2, 0) is 11.3 Å². The van der Waals surface area contributed by atoms with Gasteiger partial charge >= 0.3 is 11.7 Å². The molecule has 3 N–H and O–H groups in total. The minimum Gasteiger partial charge on any atom is -0.460 e. The number of aryl methyl sites for hydroxylation is 1. The van der Waals surface area contributed by atoms with Gasteiger partial charge in [0.25, 0.3) is 0 Å². The fourth-order valence-corrected chi connectivity index (χ4v) is 3.45. The molecule has 1 aliphatic heterocycles. The Balaban J connectivity index is 1.70. The molecule has 1 unspecified atom stereocenters. The number of imidazole rings is 1. The summed E-state index contributed by atoms with van der Waals surface area (Å²) in [7, 11) is 0. The third-order valence-electron chi connectivity index (χ3n) is 4.90. The predicted molar refractivity (Wildman–Crippen MR) is 100 cm³/mol. The average molecular weight is 363 g/mol. The number of nitrogens with two attached hydrogens (primary N) is 1. The van der Waals surface area contributed by atoms with E-state index in [2.05, 4.69) is 21.9 Å². The van der Waals surface area contributed by atoms with Crippen molar-refractivity contribution in [1.29, 1.82) is 0 Å². The summed E-state index contributed by atoms with van der Waals surface area (Å²) in [6.45, 7) is 6.42. The van der Waals surface area contributed by atoms with Crippen molar-refractivity contribution in [2.24, 2.45) is 5.92 Å². The van der Waals surface area contributed by atoms with E-state index < -0.39 is 0 Å². The van der Waals surface area contributed by atoms with Gasteiger partial charge in [0, 0.05) is 19.8 Å². The molecule has 3 heterocycles. The number of aromatic nitrogens is 4. The first-order valence-electron chi connectivity index (χ1n) is 9.59. The zero-order chi connectivity index (χ0) is 18.5. The van der Waals surface area contributed by atoms with Crippen LogP contribution in [0.4, 0.5) is 5.82 Å². The summed E-state index contributed by atoms with van der Waals surface area (Å²) in [6, 6.07) is 0.229. The number of nitrogen functional groups attached to an aromatic ring is 1. The van der Waals surface area contributed by atoms with Gasteiger partial charge in [-0.05, 0) is 38.5 Å². The number of rotatable bonds is 9. The molecular formula is C18H29N5O3.